The summed E-state index contributed by atoms with van der Waals surface area (Å²) in [4.78, 5) is 4.73. The van der Waals surface area contributed by atoms with E-state index in [9.17, 15) is 5.11 Å². The van der Waals surface area contributed by atoms with Crippen LogP contribution in [0.15, 0.2) is 27.1 Å². The third-order valence-corrected chi connectivity index (χ3v) is 4.82. The Morgan fingerprint density at radius 2 is 1.86 bits per heavy atom. The summed E-state index contributed by atoms with van der Waals surface area (Å²) in [6.45, 7) is 8.50. The Hall–Kier alpha value is -0.140. The number of aliphatic hydroxyl groups is 1. The fraction of sp³-hybridized carbons (Fsp3) is 0.600. The van der Waals surface area contributed by atoms with Crippen LogP contribution in [0.4, 0.5) is 0 Å². The van der Waals surface area contributed by atoms with E-state index in [2.05, 4.69) is 48.6 Å². The van der Waals surface area contributed by atoms with E-state index < -0.39 is 6.10 Å². The molecule has 21 heavy (non-hydrogen) atoms. The smallest absolute Gasteiger partial charge is 0.133 e. The Morgan fingerprint density at radius 3 is 2.48 bits per heavy atom. The molecule has 0 amide bonds. The maximum absolute atomic E-state index is 10.1. The summed E-state index contributed by atoms with van der Waals surface area (Å²) in [5.74, 6) is 0.757. The van der Waals surface area contributed by atoms with Crippen molar-refractivity contribution in [1.29, 1.82) is 0 Å². The molecule has 0 spiro atoms. The number of aliphatic hydroxyl groups excluding tert-OH is 1. The van der Waals surface area contributed by atoms with Crippen LogP contribution in [0.25, 0.3) is 0 Å². The molecule has 2 rings (SSSR count). The minimum absolute atomic E-state index is 0.314. The molecule has 1 N–H and O–H groups in total. The normalized spacial score (nSPS) is 18.7. The van der Waals surface area contributed by atoms with Gasteiger partial charge in [-0.1, -0.05) is 22.9 Å². The van der Waals surface area contributed by atoms with Gasteiger partial charge in [0, 0.05) is 37.2 Å². The quantitative estimate of drug-likeness (QED) is 0.765. The molecule has 1 saturated heterocycles. The van der Waals surface area contributed by atoms with Gasteiger partial charge in [0.25, 0.3) is 0 Å². The van der Waals surface area contributed by atoms with Crippen molar-refractivity contribution < 1.29 is 9.84 Å². The third-order valence-electron chi connectivity index (χ3n) is 3.71. The summed E-state index contributed by atoms with van der Waals surface area (Å²) in [5, 5.41) is 10.1. The molecule has 0 bridgehead atoms. The first-order chi connectivity index (χ1) is 10.1. The average molecular weight is 422 g/mol. The van der Waals surface area contributed by atoms with E-state index in [4.69, 9.17) is 4.74 Å². The van der Waals surface area contributed by atoms with Crippen LogP contribution in [-0.2, 0) is 0 Å². The van der Waals surface area contributed by atoms with Gasteiger partial charge in [-0.25, -0.2) is 0 Å². The molecule has 1 unspecified atom stereocenters. The van der Waals surface area contributed by atoms with Crippen LogP contribution >= 0.6 is 31.9 Å². The second-order valence-corrected chi connectivity index (χ2v) is 7.04. The zero-order valence-electron chi connectivity index (χ0n) is 12.3. The third kappa shape index (κ3) is 5.53. The number of β-amino-alcohol motifs (C(OH)–C–C–N with tert-alkyl or cyclic N) is 1. The summed E-state index contributed by atoms with van der Waals surface area (Å²) < 4.78 is 7.57. The summed E-state index contributed by atoms with van der Waals surface area (Å²) in [5.41, 5.74) is 0. The fourth-order valence-corrected chi connectivity index (χ4v) is 3.58. The molecule has 1 fully saturated rings. The van der Waals surface area contributed by atoms with E-state index in [0.29, 0.717) is 13.2 Å². The number of halogens is 2. The highest BCUT2D eigenvalue weighted by Crippen LogP contribution is 2.28. The van der Waals surface area contributed by atoms with Crippen LogP contribution in [0.1, 0.15) is 6.92 Å². The van der Waals surface area contributed by atoms with Crippen molar-refractivity contribution in [3.63, 3.8) is 0 Å². The number of likely N-dealkylation sites (N-methyl/N-ethyl adjacent to an activating group) is 1. The van der Waals surface area contributed by atoms with Crippen LogP contribution in [0.3, 0.4) is 0 Å². The molecule has 1 aromatic rings. The van der Waals surface area contributed by atoms with Crippen molar-refractivity contribution in [3.8, 4) is 5.75 Å². The zero-order valence-corrected chi connectivity index (χ0v) is 15.4. The molecule has 0 aromatic heterocycles. The first-order valence-corrected chi connectivity index (χ1v) is 8.87. The van der Waals surface area contributed by atoms with E-state index in [-0.39, 0.29) is 0 Å². The zero-order chi connectivity index (χ0) is 15.2. The number of piperazine rings is 1. The lowest BCUT2D eigenvalue weighted by molar-refractivity contribution is 0.0469. The minimum Gasteiger partial charge on any atom is -0.490 e. The van der Waals surface area contributed by atoms with Gasteiger partial charge < -0.3 is 14.7 Å². The summed E-state index contributed by atoms with van der Waals surface area (Å²) in [6.07, 6.45) is -0.464. The number of ether oxygens (including phenoxy) is 1. The SMILES string of the molecule is CCN1CCN(CC(O)COc2ccc(Br)cc2Br)CC1. The molecule has 6 heteroatoms. The molecular formula is C15H22Br2N2O2. The Balaban J connectivity index is 1.73. The Labute approximate surface area is 143 Å². The number of benzene rings is 1. The van der Waals surface area contributed by atoms with E-state index in [1.54, 1.807) is 0 Å². The van der Waals surface area contributed by atoms with E-state index in [1.807, 2.05) is 18.2 Å². The Kier molecular flexibility index (Phi) is 6.95. The topological polar surface area (TPSA) is 35.9 Å². The summed E-state index contributed by atoms with van der Waals surface area (Å²) >= 11 is 6.86. The molecule has 118 valence electrons. The lowest BCUT2D eigenvalue weighted by Gasteiger charge is -2.34. The van der Waals surface area contributed by atoms with Gasteiger partial charge in [-0.3, -0.25) is 4.90 Å². The second kappa shape index (κ2) is 8.48. The van der Waals surface area contributed by atoms with Gasteiger partial charge in [-0.2, -0.15) is 0 Å². The van der Waals surface area contributed by atoms with Crippen molar-refractivity contribution in [2.24, 2.45) is 0 Å². The van der Waals surface area contributed by atoms with Crippen molar-refractivity contribution in [3.05, 3.63) is 27.1 Å². The Morgan fingerprint density at radius 1 is 1.19 bits per heavy atom. The van der Waals surface area contributed by atoms with Crippen LogP contribution in [0.5, 0.6) is 5.75 Å². The molecular weight excluding hydrogens is 400 g/mol. The lowest BCUT2D eigenvalue weighted by Crippen LogP contribution is -2.49. The predicted octanol–water partition coefficient (Wildman–Crippen LogP) is 2.59. The van der Waals surface area contributed by atoms with Crippen molar-refractivity contribution in [1.82, 2.24) is 9.80 Å². The van der Waals surface area contributed by atoms with Crippen molar-refractivity contribution in [2.45, 2.75) is 13.0 Å². The first-order valence-electron chi connectivity index (χ1n) is 7.29. The highest BCUT2D eigenvalue weighted by atomic mass is 79.9. The van der Waals surface area contributed by atoms with Gasteiger partial charge in [-0.15, -0.1) is 0 Å². The van der Waals surface area contributed by atoms with Gasteiger partial charge in [0.05, 0.1) is 4.47 Å². The lowest BCUT2D eigenvalue weighted by atomic mass is 10.2. The van der Waals surface area contributed by atoms with Gasteiger partial charge in [0.2, 0.25) is 0 Å². The van der Waals surface area contributed by atoms with E-state index in [0.717, 1.165) is 47.4 Å². The average Bonchev–Trinajstić information content (AvgIpc) is 2.47. The largest absolute Gasteiger partial charge is 0.490 e. The maximum Gasteiger partial charge on any atom is 0.133 e. The summed E-state index contributed by atoms with van der Waals surface area (Å²) in [7, 11) is 0. The van der Waals surface area contributed by atoms with Gasteiger partial charge >= 0.3 is 0 Å². The molecule has 0 radical (unpaired) electrons. The molecule has 1 atom stereocenters. The molecule has 0 saturated carbocycles. The molecule has 1 aliphatic heterocycles. The monoisotopic (exact) mass is 420 g/mol. The number of hydrogen-bond acceptors (Lipinski definition) is 4. The number of nitrogens with zero attached hydrogens (tertiary/aromatic N) is 2. The maximum atomic E-state index is 10.1. The fourth-order valence-electron chi connectivity index (χ4n) is 2.42. The molecule has 1 aromatic carbocycles. The first kappa shape index (κ1) is 17.2. The highest BCUT2D eigenvalue weighted by molar-refractivity contribution is 9.11. The molecule has 0 aliphatic carbocycles. The van der Waals surface area contributed by atoms with Crippen LogP contribution < -0.4 is 4.74 Å². The molecule has 4 nitrogen and oxygen atoms in total. The predicted molar refractivity (Wildman–Crippen MR) is 91.9 cm³/mol. The van der Waals surface area contributed by atoms with Crippen molar-refractivity contribution in [2.75, 3.05) is 45.9 Å². The Bertz CT molecular complexity index is 451. The van der Waals surface area contributed by atoms with Crippen LogP contribution in [0, 0.1) is 0 Å². The van der Waals surface area contributed by atoms with Gasteiger partial charge in [-0.05, 0) is 40.7 Å². The summed E-state index contributed by atoms with van der Waals surface area (Å²) in [6, 6.07) is 5.75. The van der Waals surface area contributed by atoms with E-state index in [1.165, 1.54) is 0 Å². The van der Waals surface area contributed by atoms with Gasteiger partial charge in [0.15, 0.2) is 0 Å². The van der Waals surface area contributed by atoms with E-state index >= 15 is 0 Å². The highest BCUT2D eigenvalue weighted by Gasteiger charge is 2.18. The van der Waals surface area contributed by atoms with Crippen LogP contribution in [0.2, 0.25) is 0 Å². The second-order valence-electron chi connectivity index (χ2n) is 5.27. The van der Waals surface area contributed by atoms with Gasteiger partial charge in [0.1, 0.15) is 18.5 Å². The minimum atomic E-state index is -0.464. The number of hydrogen-bond donors (Lipinski definition) is 1. The standard InChI is InChI=1S/C15H22Br2N2O2/c1-2-18-5-7-19(8-6-18)10-13(20)11-21-15-4-3-12(16)9-14(15)17/h3-4,9,13,20H,2,5-8,10-11H2,1H3. The van der Waals surface area contributed by atoms with Crippen molar-refractivity contribution >= 4 is 31.9 Å². The molecule has 1 aliphatic rings. The number of rotatable bonds is 6. The van der Waals surface area contributed by atoms with Crippen LogP contribution in [-0.4, -0.2) is 66.9 Å². The molecule has 1 heterocycles.